The lowest BCUT2D eigenvalue weighted by molar-refractivity contribution is -0.390. The Labute approximate surface area is 60.7 Å². The molecular formula is C7H13NO2. The normalized spacial score (nSPS) is 47.1. The molecule has 0 spiro atoms. The lowest BCUT2D eigenvalue weighted by atomic mass is 10.1. The highest BCUT2D eigenvalue weighted by molar-refractivity contribution is 4.76. The molecule has 2 fully saturated rings. The summed E-state index contributed by atoms with van der Waals surface area (Å²) in [7, 11) is 0. The van der Waals surface area contributed by atoms with Crippen molar-refractivity contribution in [1.82, 2.24) is 5.32 Å². The van der Waals surface area contributed by atoms with Crippen molar-refractivity contribution in [3.8, 4) is 0 Å². The summed E-state index contributed by atoms with van der Waals surface area (Å²) in [6.07, 6.45) is 1.31. The van der Waals surface area contributed by atoms with Crippen LogP contribution in [-0.4, -0.2) is 25.7 Å². The van der Waals surface area contributed by atoms with Gasteiger partial charge in [0, 0.05) is 12.5 Å². The summed E-state index contributed by atoms with van der Waals surface area (Å²) >= 11 is 0. The van der Waals surface area contributed by atoms with E-state index in [-0.39, 0.29) is 12.6 Å². The van der Waals surface area contributed by atoms with E-state index in [0.717, 1.165) is 13.1 Å². The summed E-state index contributed by atoms with van der Waals surface area (Å²) in [6, 6.07) is 0. The molecule has 2 heterocycles. The second kappa shape index (κ2) is 2.49. The van der Waals surface area contributed by atoms with Gasteiger partial charge in [-0.05, 0) is 19.9 Å². The lowest BCUT2D eigenvalue weighted by Crippen LogP contribution is -2.44. The highest BCUT2D eigenvalue weighted by Crippen LogP contribution is 2.26. The Morgan fingerprint density at radius 2 is 2.20 bits per heavy atom. The van der Waals surface area contributed by atoms with Gasteiger partial charge in [0.1, 0.15) is 0 Å². The van der Waals surface area contributed by atoms with Crippen LogP contribution < -0.4 is 5.32 Å². The van der Waals surface area contributed by atoms with Gasteiger partial charge >= 0.3 is 0 Å². The van der Waals surface area contributed by atoms with Crippen LogP contribution >= 0.6 is 0 Å². The number of nitrogens with one attached hydrogen (secondary N) is 1. The number of hydrogen-bond donors (Lipinski definition) is 1. The van der Waals surface area contributed by atoms with Crippen LogP contribution in [0.5, 0.6) is 0 Å². The molecule has 2 aliphatic rings. The molecule has 0 aliphatic carbocycles. The summed E-state index contributed by atoms with van der Waals surface area (Å²) in [5.41, 5.74) is 0. The fourth-order valence-corrected chi connectivity index (χ4v) is 1.52. The Morgan fingerprint density at radius 1 is 1.40 bits per heavy atom. The van der Waals surface area contributed by atoms with Crippen molar-refractivity contribution in [2.24, 2.45) is 5.92 Å². The van der Waals surface area contributed by atoms with E-state index in [1.807, 2.05) is 6.92 Å². The zero-order valence-corrected chi connectivity index (χ0v) is 6.17. The molecule has 0 bridgehead atoms. The van der Waals surface area contributed by atoms with Crippen molar-refractivity contribution in [2.75, 3.05) is 13.1 Å². The van der Waals surface area contributed by atoms with Gasteiger partial charge in [0.05, 0.1) is 0 Å². The molecule has 58 valence electrons. The molecule has 2 aliphatic heterocycles. The fraction of sp³-hybridized carbons (Fsp3) is 1.00. The third-order valence-electron chi connectivity index (χ3n) is 2.13. The minimum atomic E-state index is 0.0330. The molecule has 0 amide bonds. The fourth-order valence-electron chi connectivity index (χ4n) is 1.52. The summed E-state index contributed by atoms with van der Waals surface area (Å²) < 4.78 is 10.7. The molecule has 2 saturated heterocycles. The van der Waals surface area contributed by atoms with Gasteiger partial charge in [-0.3, -0.25) is 0 Å². The van der Waals surface area contributed by atoms with Crippen LogP contribution in [0.15, 0.2) is 0 Å². The van der Waals surface area contributed by atoms with Crippen molar-refractivity contribution in [3.63, 3.8) is 0 Å². The zero-order chi connectivity index (χ0) is 6.97. The maximum absolute atomic E-state index is 5.36. The average molecular weight is 143 g/mol. The number of rotatable bonds is 1. The maximum atomic E-state index is 5.36. The van der Waals surface area contributed by atoms with Gasteiger partial charge in [-0.1, -0.05) is 0 Å². The minimum absolute atomic E-state index is 0.0330. The van der Waals surface area contributed by atoms with E-state index in [9.17, 15) is 0 Å². The highest BCUT2D eigenvalue weighted by Gasteiger charge is 2.35. The topological polar surface area (TPSA) is 30.5 Å². The molecule has 1 atom stereocenters. The average Bonchev–Trinajstić information content (AvgIpc) is 2.31. The van der Waals surface area contributed by atoms with E-state index in [4.69, 9.17) is 9.47 Å². The molecule has 0 radical (unpaired) electrons. The van der Waals surface area contributed by atoms with E-state index in [0.29, 0.717) is 5.92 Å². The van der Waals surface area contributed by atoms with E-state index < -0.39 is 0 Å². The van der Waals surface area contributed by atoms with Gasteiger partial charge in [0.2, 0.25) is 0 Å². The van der Waals surface area contributed by atoms with Gasteiger partial charge in [-0.25, -0.2) is 0 Å². The van der Waals surface area contributed by atoms with Gasteiger partial charge in [-0.2, -0.15) is 0 Å². The Hall–Kier alpha value is -0.120. The van der Waals surface area contributed by atoms with Crippen LogP contribution in [0.4, 0.5) is 0 Å². The first-order valence-electron chi connectivity index (χ1n) is 3.88. The summed E-state index contributed by atoms with van der Waals surface area (Å²) in [6.45, 7) is 4.10. The predicted octanol–water partition coefficient (Wildman–Crippen LogP) is 0.315. The molecule has 0 saturated carbocycles. The second-order valence-corrected chi connectivity index (χ2v) is 2.96. The summed E-state index contributed by atoms with van der Waals surface area (Å²) in [5, 5.41) is 3.28. The quantitative estimate of drug-likeness (QED) is 0.573. The largest absolute Gasteiger partial charge is 0.324 e. The highest BCUT2D eigenvalue weighted by atomic mass is 16.9. The van der Waals surface area contributed by atoms with Crippen LogP contribution in [0.2, 0.25) is 0 Å². The van der Waals surface area contributed by atoms with Gasteiger partial charge in [0.25, 0.3) is 0 Å². The number of hydrogen-bond acceptors (Lipinski definition) is 3. The molecule has 10 heavy (non-hydrogen) atoms. The molecule has 0 aromatic heterocycles. The van der Waals surface area contributed by atoms with Crippen molar-refractivity contribution < 1.29 is 9.47 Å². The zero-order valence-electron chi connectivity index (χ0n) is 6.17. The van der Waals surface area contributed by atoms with E-state index >= 15 is 0 Å². The van der Waals surface area contributed by atoms with Crippen LogP contribution in [0.3, 0.4) is 0 Å². The molecule has 2 rings (SSSR count). The van der Waals surface area contributed by atoms with Crippen LogP contribution in [0.25, 0.3) is 0 Å². The first kappa shape index (κ1) is 6.58. The molecule has 0 aromatic carbocycles. The van der Waals surface area contributed by atoms with Crippen molar-refractivity contribution >= 4 is 0 Å². The SMILES string of the molecule is CC1OC(C2CCNC2)O1. The van der Waals surface area contributed by atoms with Crippen molar-refractivity contribution in [1.29, 1.82) is 0 Å². The maximum Gasteiger partial charge on any atom is 0.167 e. The predicted molar refractivity (Wildman–Crippen MR) is 36.4 cm³/mol. The molecule has 3 nitrogen and oxygen atoms in total. The molecule has 1 N–H and O–H groups in total. The molecule has 3 heteroatoms. The molecule has 0 aromatic rings. The van der Waals surface area contributed by atoms with Crippen LogP contribution in [0, 0.1) is 5.92 Å². The smallest absolute Gasteiger partial charge is 0.167 e. The monoisotopic (exact) mass is 143 g/mol. The Kier molecular flexibility index (Phi) is 1.64. The second-order valence-electron chi connectivity index (χ2n) is 2.96. The molecule has 1 unspecified atom stereocenters. The minimum Gasteiger partial charge on any atom is -0.324 e. The molecular weight excluding hydrogens is 130 g/mol. The first-order chi connectivity index (χ1) is 4.86. The first-order valence-corrected chi connectivity index (χ1v) is 3.88. The third-order valence-corrected chi connectivity index (χ3v) is 2.13. The summed E-state index contributed by atoms with van der Waals surface area (Å²) in [4.78, 5) is 0. The Bertz CT molecular complexity index is 117. The Morgan fingerprint density at radius 3 is 2.70 bits per heavy atom. The van der Waals surface area contributed by atoms with Gasteiger partial charge < -0.3 is 14.8 Å². The van der Waals surface area contributed by atoms with Crippen molar-refractivity contribution in [3.05, 3.63) is 0 Å². The summed E-state index contributed by atoms with van der Waals surface area (Å²) in [5.74, 6) is 0.594. The van der Waals surface area contributed by atoms with Crippen LogP contribution in [-0.2, 0) is 9.47 Å². The Balaban J connectivity index is 1.78. The van der Waals surface area contributed by atoms with E-state index in [2.05, 4.69) is 5.32 Å². The van der Waals surface area contributed by atoms with E-state index in [1.165, 1.54) is 6.42 Å². The van der Waals surface area contributed by atoms with Gasteiger partial charge in [-0.15, -0.1) is 0 Å². The standard InChI is InChI=1S/C7H13NO2/c1-5-9-7(10-5)6-2-3-8-4-6/h5-8H,2-4H2,1H3. The van der Waals surface area contributed by atoms with Crippen LogP contribution in [0.1, 0.15) is 13.3 Å². The third kappa shape index (κ3) is 1.05. The van der Waals surface area contributed by atoms with Gasteiger partial charge in [0.15, 0.2) is 12.6 Å². The number of ether oxygens (including phenoxy) is 2. The van der Waals surface area contributed by atoms with E-state index in [1.54, 1.807) is 0 Å². The lowest BCUT2D eigenvalue weighted by Gasteiger charge is -2.37. The van der Waals surface area contributed by atoms with Crippen molar-refractivity contribution in [2.45, 2.75) is 25.9 Å².